The Morgan fingerprint density at radius 1 is 1.20 bits per heavy atom. The molecule has 1 aliphatic rings. The minimum absolute atomic E-state index is 0.0665. The third kappa shape index (κ3) is 4.88. The third-order valence-corrected chi connectivity index (χ3v) is 3.83. The Bertz CT molecular complexity index is 411. The van der Waals surface area contributed by atoms with Crippen LogP contribution >= 0.6 is 0 Å². The first-order chi connectivity index (χ1) is 9.65. The van der Waals surface area contributed by atoms with Gasteiger partial charge < -0.3 is 5.32 Å². The topological polar surface area (TPSA) is 15.3 Å². The lowest BCUT2D eigenvalue weighted by molar-refractivity contribution is 0.218. The number of rotatable bonds is 6. The van der Waals surface area contributed by atoms with Crippen LogP contribution in [0, 0.1) is 11.7 Å². The van der Waals surface area contributed by atoms with Gasteiger partial charge in [0.1, 0.15) is 5.82 Å². The fourth-order valence-electron chi connectivity index (χ4n) is 2.72. The van der Waals surface area contributed by atoms with Gasteiger partial charge in [-0.3, -0.25) is 4.90 Å². The maximum absolute atomic E-state index is 13.9. The van der Waals surface area contributed by atoms with Crippen molar-refractivity contribution in [3.05, 3.63) is 35.1 Å². The highest BCUT2D eigenvalue weighted by atomic mass is 19.1. The maximum Gasteiger partial charge on any atom is 0.127 e. The number of halogens is 1. The molecule has 0 aliphatic carbocycles. The molecule has 1 saturated heterocycles. The summed E-state index contributed by atoms with van der Waals surface area (Å²) in [6, 6.07) is 5.53. The van der Waals surface area contributed by atoms with Crippen molar-refractivity contribution in [1.82, 2.24) is 10.2 Å². The lowest BCUT2D eigenvalue weighted by atomic mass is 10.1. The Morgan fingerprint density at radius 3 is 2.65 bits per heavy atom. The van der Waals surface area contributed by atoms with Gasteiger partial charge >= 0.3 is 0 Å². The number of nitrogens with one attached hydrogen (secondary N) is 1. The lowest BCUT2D eigenvalue weighted by Crippen LogP contribution is -2.29. The average Bonchev–Trinajstić information content (AvgIpc) is 2.43. The first kappa shape index (κ1) is 15.5. The number of hydrogen-bond donors (Lipinski definition) is 1. The van der Waals surface area contributed by atoms with Gasteiger partial charge in [0.2, 0.25) is 0 Å². The molecular weight excluding hydrogens is 251 g/mol. The molecule has 0 bridgehead atoms. The minimum Gasteiger partial charge on any atom is -0.312 e. The Morgan fingerprint density at radius 2 is 1.95 bits per heavy atom. The molecule has 1 N–H and O–H groups in total. The lowest BCUT2D eigenvalue weighted by Gasteiger charge is -2.26. The zero-order valence-electron chi connectivity index (χ0n) is 12.8. The Labute approximate surface area is 122 Å². The van der Waals surface area contributed by atoms with E-state index in [4.69, 9.17) is 0 Å². The Kier molecular flexibility index (Phi) is 5.99. The second-order valence-corrected chi connectivity index (χ2v) is 6.29. The van der Waals surface area contributed by atoms with Crippen molar-refractivity contribution in [2.75, 3.05) is 19.6 Å². The SMILES string of the molecule is CC(C)CNCc1ccc(F)c(CN2CCCCC2)c1. The monoisotopic (exact) mass is 278 g/mol. The predicted molar refractivity (Wildman–Crippen MR) is 82.1 cm³/mol. The van der Waals surface area contributed by atoms with E-state index in [-0.39, 0.29) is 5.82 Å². The van der Waals surface area contributed by atoms with E-state index in [0.29, 0.717) is 5.92 Å². The highest BCUT2D eigenvalue weighted by molar-refractivity contribution is 5.25. The van der Waals surface area contributed by atoms with Crippen molar-refractivity contribution < 1.29 is 4.39 Å². The largest absolute Gasteiger partial charge is 0.312 e. The highest BCUT2D eigenvalue weighted by Crippen LogP contribution is 2.17. The van der Waals surface area contributed by atoms with E-state index in [1.807, 2.05) is 12.1 Å². The molecule has 0 atom stereocenters. The highest BCUT2D eigenvalue weighted by Gasteiger charge is 2.13. The van der Waals surface area contributed by atoms with E-state index in [0.717, 1.165) is 38.3 Å². The molecule has 0 unspecified atom stereocenters. The van der Waals surface area contributed by atoms with E-state index in [1.165, 1.54) is 24.8 Å². The van der Waals surface area contributed by atoms with Crippen molar-refractivity contribution in [3.8, 4) is 0 Å². The fraction of sp³-hybridized carbons (Fsp3) is 0.647. The summed E-state index contributed by atoms with van der Waals surface area (Å²) in [5.41, 5.74) is 2.02. The number of likely N-dealkylation sites (tertiary alicyclic amines) is 1. The smallest absolute Gasteiger partial charge is 0.127 e. The second kappa shape index (κ2) is 7.75. The van der Waals surface area contributed by atoms with Gasteiger partial charge in [-0.1, -0.05) is 32.4 Å². The van der Waals surface area contributed by atoms with Gasteiger partial charge in [-0.2, -0.15) is 0 Å². The molecule has 2 rings (SSSR count). The Balaban J connectivity index is 1.93. The molecular formula is C17H27FN2. The van der Waals surface area contributed by atoms with Crippen LogP contribution in [-0.2, 0) is 13.1 Å². The molecule has 0 radical (unpaired) electrons. The summed E-state index contributed by atoms with van der Waals surface area (Å²) in [6.07, 6.45) is 3.81. The van der Waals surface area contributed by atoms with Crippen molar-refractivity contribution in [1.29, 1.82) is 0 Å². The second-order valence-electron chi connectivity index (χ2n) is 6.29. The summed E-state index contributed by atoms with van der Waals surface area (Å²) in [5.74, 6) is 0.575. The van der Waals surface area contributed by atoms with Gasteiger partial charge in [-0.15, -0.1) is 0 Å². The first-order valence-corrected chi connectivity index (χ1v) is 7.85. The Hall–Kier alpha value is -0.930. The zero-order valence-corrected chi connectivity index (χ0v) is 12.8. The van der Waals surface area contributed by atoms with Crippen LogP contribution in [0.5, 0.6) is 0 Å². The van der Waals surface area contributed by atoms with Crippen LogP contribution in [0.4, 0.5) is 4.39 Å². The van der Waals surface area contributed by atoms with Gasteiger partial charge in [0, 0.05) is 18.7 Å². The van der Waals surface area contributed by atoms with Crippen LogP contribution in [0.15, 0.2) is 18.2 Å². The first-order valence-electron chi connectivity index (χ1n) is 7.85. The zero-order chi connectivity index (χ0) is 14.4. The molecule has 0 aromatic heterocycles. The van der Waals surface area contributed by atoms with E-state index in [2.05, 4.69) is 24.1 Å². The van der Waals surface area contributed by atoms with E-state index in [9.17, 15) is 4.39 Å². The van der Waals surface area contributed by atoms with Gasteiger partial charge in [0.15, 0.2) is 0 Å². The maximum atomic E-state index is 13.9. The summed E-state index contributed by atoms with van der Waals surface area (Å²) in [6.45, 7) is 9.18. The van der Waals surface area contributed by atoms with E-state index in [1.54, 1.807) is 6.07 Å². The van der Waals surface area contributed by atoms with Crippen LogP contribution < -0.4 is 5.32 Å². The van der Waals surface area contributed by atoms with Gasteiger partial charge in [-0.05, 0) is 50.0 Å². The van der Waals surface area contributed by atoms with Crippen molar-refractivity contribution in [3.63, 3.8) is 0 Å². The number of hydrogen-bond acceptors (Lipinski definition) is 2. The normalized spacial score (nSPS) is 16.8. The summed E-state index contributed by atoms with van der Waals surface area (Å²) in [5, 5.41) is 3.42. The fourth-order valence-corrected chi connectivity index (χ4v) is 2.72. The number of nitrogens with zero attached hydrogens (tertiary/aromatic N) is 1. The summed E-state index contributed by atoms with van der Waals surface area (Å²) in [4.78, 5) is 2.37. The van der Waals surface area contributed by atoms with E-state index >= 15 is 0 Å². The van der Waals surface area contributed by atoms with Crippen LogP contribution in [0.25, 0.3) is 0 Å². The van der Waals surface area contributed by atoms with Gasteiger partial charge in [0.05, 0.1) is 0 Å². The molecule has 0 saturated carbocycles. The number of piperidine rings is 1. The van der Waals surface area contributed by atoms with Crippen LogP contribution in [0.1, 0.15) is 44.2 Å². The average molecular weight is 278 g/mol. The molecule has 1 heterocycles. The van der Waals surface area contributed by atoms with Crippen LogP contribution in [0.3, 0.4) is 0 Å². The van der Waals surface area contributed by atoms with E-state index < -0.39 is 0 Å². The molecule has 0 amide bonds. The summed E-state index contributed by atoms with van der Waals surface area (Å²) in [7, 11) is 0. The molecule has 1 aliphatic heterocycles. The van der Waals surface area contributed by atoms with Gasteiger partial charge in [-0.25, -0.2) is 4.39 Å². The van der Waals surface area contributed by atoms with Crippen molar-refractivity contribution >= 4 is 0 Å². The van der Waals surface area contributed by atoms with Crippen molar-refractivity contribution in [2.45, 2.75) is 46.2 Å². The summed E-state index contributed by atoms with van der Waals surface area (Å²) >= 11 is 0. The quantitative estimate of drug-likeness (QED) is 0.856. The molecule has 0 spiro atoms. The molecule has 20 heavy (non-hydrogen) atoms. The molecule has 112 valence electrons. The molecule has 1 fully saturated rings. The van der Waals surface area contributed by atoms with Crippen LogP contribution in [0.2, 0.25) is 0 Å². The van der Waals surface area contributed by atoms with Crippen molar-refractivity contribution in [2.24, 2.45) is 5.92 Å². The van der Waals surface area contributed by atoms with Crippen LogP contribution in [-0.4, -0.2) is 24.5 Å². The number of benzene rings is 1. The van der Waals surface area contributed by atoms with Gasteiger partial charge in [0.25, 0.3) is 0 Å². The summed E-state index contributed by atoms with van der Waals surface area (Å²) < 4.78 is 13.9. The molecule has 1 aromatic carbocycles. The molecule has 3 heteroatoms. The standard InChI is InChI=1S/C17H27FN2/c1-14(2)11-19-12-15-6-7-17(18)16(10-15)13-20-8-4-3-5-9-20/h6-7,10,14,19H,3-5,8-9,11-13H2,1-2H3. The predicted octanol–water partition coefficient (Wildman–Crippen LogP) is 3.56. The third-order valence-electron chi connectivity index (χ3n) is 3.83. The minimum atomic E-state index is -0.0665. The molecule has 1 aromatic rings. The molecule has 2 nitrogen and oxygen atoms in total.